The van der Waals surface area contributed by atoms with Gasteiger partial charge in [-0.2, -0.15) is 16.8 Å². The molecule has 8 aliphatic rings. The minimum Gasteiger partial charge on any atom is -0.379 e. The van der Waals surface area contributed by atoms with Crippen LogP contribution in [0.4, 0.5) is 0 Å². The Kier molecular flexibility index (Phi) is 8.30. The highest BCUT2D eigenvalue weighted by molar-refractivity contribution is 7.87. The summed E-state index contributed by atoms with van der Waals surface area (Å²) < 4.78 is 73.9. The molecule has 10 rings (SSSR count). The summed E-state index contributed by atoms with van der Waals surface area (Å²) in [5.74, 6) is 5.15. The minimum absolute atomic E-state index is 0.0200. The van der Waals surface area contributed by atoms with Gasteiger partial charge in [0.2, 0.25) is 0 Å². The standard InChI is InChI=1S/C43H56O6S2/c44-50(45,46)42-38(28-5-1-2-6-28)23-34(24-39(42)29-7-3-4-8-29)49-51(47,48)43-40(36-19-26-10-13-31(36)16-26)21-33(35-18-25-9-12-30(35)15-25)22-41(43)37-20-27-11-14-32(37)17-27/h21-32,35-37H,1-20H2,(H,44,45,46)/t25?,26-,27?,30?,31?,32?,35?,36?,37?/m1/s1. The lowest BCUT2D eigenvalue weighted by atomic mass is 9.75. The van der Waals surface area contributed by atoms with Crippen LogP contribution in [-0.2, 0) is 20.2 Å². The van der Waals surface area contributed by atoms with Crippen LogP contribution in [0, 0.1) is 35.5 Å². The Morgan fingerprint density at radius 1 is 0.490 bits per heavy atom. The maximum Gasteiger partial charge on any atom is 0.339 e. The van der Waals surface area contributed by atoms with Gasteiger partial charge in [0.05, 0.1) is 0 Å². The maximum atomic E-state index is 15.3. The van der Waals surface area contributed by atoms with Crippen LogP contribution in [0.5, 0.6) is 5.75 Å². The van der Waals surface area contributed by atoms with E-state index in [0.717, 1.165) is 87.2 Å². The molecule has 2 aromatic carbocycles. The van der Waals surface area contributed by atoms with Crippen molar-refractivity contribution in [2.75, 3.05) is 0 Å². The van der Waals surface area contributed by atoms with Crippen molar-refractivity contribution in [3.63, 3.8) is 0 Å². The monoisotopic (exact) mass is 732 g/mol. The number of benzene rings is 2. The van der Waals surface area contributed by atoms with Gasteiger partial charge in [-0.15, -0.1) is 0 Å². The molecule has 276 valence electrons. The fourth-order valence-corrected chi connectivity index (χ4v) is 16.4. The van der Waals surface area contributed by atoms with Crippen LogP contribution >= 0.6 is 0 Å². The van der Waals surface area contributed by atoms with E-state index >= 15 is 8.42 Å². The van der Waals surface area contributed by atoms with Gasteiger partial charge in [0.15, 0.2) is 0 Å². The maximum absolute atomic E-state index is 15.3. The summed E-state index contributed by atoms with van der Waals surface area (Å²) in [4.78, 5) is 0.486. The second-order valence-electron chi connectivity index (χ2n) is 18.8. The quantitative estimate of drug-likeness (QED) is 0.204. The summed E-state index contributed by atoms with van der Waals surface area (Å²) >= 11 is 0. The molecule has 2 aromatic rings. The summed E-state index contributed by atoms with van der Waals surface area (Å²) in [7, 11) is -8.79. The summed E-state index contributed by atoms with van der Waals surface area (Å²) in [6, 6.07) is 8.07. The number of hydrogen-bond acceptors (Lipinski definition) is 5. The zero-order valence-corrected chi connectivity index (χ0v) is 31.7. The molecule has 8 heteroatoms. The lowest BCUT2D eigenvalue weighted by Crippen LogP contribution is -2.23. The Morgan fingerprint density at radius 3 is 1.29 bits per heavy atom. The highest BCUT2D eigenvalue weighted by Gasteiger charge is 2.48. The molecule has 51 heavy (non-hydrogen) atoms. The van der Waals surface area contributed by atoms with E-state index in [0.29, 0.717) is 45.6 Å². The van der Waals surface area contributed by atoms with Crippen LogP contribution in [-0.4, -0.2) is 21.4 Å². The fourth-order valence-electron chi connectivity index (χ4n) is 13.9. The van der Waals surface area contributed by atoms with Crippen LogP contribution < -0.4 is 4.18 Å². The zero-order chi connectivity index (χ0) is 34.6. The molecule has 0 heterocycles. The highest BCUT2D eigenvalue weighted by atomic mass is 32.2. The third-order valence-electron chi connectivity index (χ3n) is 16.0. The molecular formula is C43H56O6S2. The fraction of sp³-hybridized carbons (Fsp3) is 0.721. The first kappa shape index (κ1) is 33.7. The van der Waals surface area contributed by atoms with E-state index in [4.69, 9.17) is 4.18 Å². The molecule has 9 atom stereocenters. The Bertz CT molecular complexity index is 1840. The van der Waals surface area contributed by atoms with E-state index in [1.165, 1.54) is 69.8 Å². The van der Waals surface area contributed by atoms with Crippen LogP contribution in [0.3, 0.4) is 0 Å². The summed E-state index contributed by atoms with van der Waals surface area (Å²) in [6.45, 7) is 0. The number of fused-ring (bicyclic) bond motifs is 6. The molecule has 0 saturated heterocycles. The van der Waals surface area contributed by atoms with Crippen molar-refractivity contribution in [1.82, 2.24) is 0 Å². The van der Waals surface area contributed by atoms with E-state index in [-0.39, 0.29) is 34.3 Å². The molecular weight excluding hydrogens is 677 g/mol. The first-order valence-electron chi connectivity index (χ1n) is 20.9. The van der Waals surface area contributed by atoms with Gasteiger partial charge in [0.25, 0.3) is 10.1 Å². The summed E-state index contributed by atoms with van der Waals surface area (Å²) in [5, 5.41) is 0. The van der Waals surface area contributed by atoms with E-state index in [1.807, 2.05) is 0 Å². The van der Waals surface area contributed by atoms with Crippen molar-refractivity contribution in [2.24, 2.45) is 35.5 Å². The molecule has 0 spiro atoms. The Morgan fingerprint density at radius 2 is 0.922 bits per heavy atom. The molecule has 0 aliphatic heterocycles. The van der Waals surface area contributed by atoms with Gasteiger partial charge in [0, 0.05) is 0 Å². The van der Waals surface area contributed by atoms with Gasteiger partial charge in [-0.25, -0.2) is 0 Å². The lowest BCUT2D eigenvalue weighted by Gasteiger charge is -2.32. The Balaban J connectivity index is 1.13. The summed E-state index contributed by atoms with van der Waals surface area (Å²) in [5.41, 5.74) is 4.60. The van der Waals surface area contributed by atoms with Crippen LogP contribution in [0.2, 0.25) is 0 Å². The molecule has 8 fully saturated rings. The largest absolute Gasteiger partial charge is 0.379 e. The van der Waals surface area contributed by atoms with Crippen molar-refractivity contribution in [3.05, 3.63) is 52.1 Å². The van der Waals surface area contributed by atoms with E-state index < -0.39 is 20.2 Å². The van der Waals surface area contributed by atoms with Gasteiger partial charge >= 0.3 is 10.1 Å². The van der Waals surface area contributed by atoms with Gasteiger partial charge in [-0.1, -0.05) is 57.1 Å². The van der Waals surface area contributed by atoms with E-state index in [2.05, 4.69) is 12.1 Å². The van der Waals surface area contributed by atoms with Crippen molar-refractivity contribution in [3.8, 4) is 5.75 Å². The average Bonchev–Trinajstić information content (AvgIpc) is 3.95. The average molecular weight is 733 g/mol. The molecule has 0 aromatic heterocycles. The normalized spacial score (nSPS) is 36.3. The van der Waals surface area contributed by atoms with E-state index in [1.54, 1.807) is 12.1 Å². The molecule has 1 N–H and O–H groups in total. The third kappa shape index (κ3) is 5.86. The molecule has 8 aliphatic carbocycles. The lowest BCUT2D eigenvalue weighted by molar-refractivity contribution is 0.392. The highest BCUT2D eigenvalue weighted by Crippen LogP contribution is 2.60. The topological polar surface area (TPSA) is 97.7 Å². The predicted molar refractivity (Wildman–Crippen MR) is 197 cm³/mol. The zero-order valence-electron chi connectivity index (χ0n) is 30.1. The van der Waals surface area contributed by atoms with Crippen LogP contribution in [0.25, 0.3) is 0 Å². The molecule has 0 amide bonds. The van der Waals surface area contributed by atoms with Crippen molar-refractivity contribution in [1.29, 1.82) is 0 Å². The number of rotatable bonds is 9. The van der Waals surface area contributed by atoms with E-state index in [9.17, 15) is 13.0 Å². The Labute approximate surface area is 305 Å². The summed E-state index contributed by atoms with van der Waals surface area (Å²) in [6.07, 6.45) is 22.0. The van der Waals surface area contributed by atoms with Gasteiger partial charge in [0.1, 0.15) is 15.5 Å². The van der Waals surface area contributed by atoms with Crippen LogP contribution in [0.1, 0.15) is 186 Å². The smallest absolute Gasteiger partial charge is 0.339 e. The second-order valence-corrected chi connectivity index (χ2v) is 21.6. The van der Waals surface area contributed by atoms with Crippen LogP contribution in [0.15, 0.2) is 34.1 Å². The first-order chi connectivity index (χ1) is 24.6. The van der Waals surface area contributed by atoms with Gasteiger partial charge in [-0.05, 0) is 189 Å². The van der Waals surface area contributed by atoms with Gasteiger partial charge < -0.3 is 4.18 Å². The SMILES string of the molecule is O=S(=O)(O)c1c(C2CCCC2)cc(OS(=O)(=O)c2c(C3CC4CCC3C4)cc(C3CC4CCC3C4)cc2C2C[C@@H]3CCC2C3)cc1C1CCCC1. The minimum atomic E-state index is -4.52. The molecule has 8 saturated carbocycles. The predicted octanol–water partition coefficient (Wildman–Crippen LogP) is 10.7. The van der Waals surface area contributed by atoms with Crippen molar-refractivity contribution in [2.45, 2.75) is 168 Å². The molecule has 8 unspecified atom stereocenters. The number of hydrogen-bond donors (Lipinski definition) is 1. The van der Waals surface area contributed by atoms with Crippen molar-refractivity contribution < 1.29 is 25.6 Å². The second kappa shape index (κ2) is 12.6. The first-order valence-corrected chi connectivity index (χ1v) is 23.7. The third-order valence-corrected chi connectivity index (χ3v) is 18.4. The van der Waals surface area contributed by atoms with Crippen molar-refractivity contribution >= 4 is 20.2 Å². The Hall–Kier alpha value is -1.90. The molecule has 0 radical (unpaired) electrons. The van der Waals surface area contributed by atoms with Gasteiger partial charge in [-0.3, -0.25) is 4.55 Å². The molecule has 6 bridgehead atoms. The molecule has 6 nitrogen and oxygen atoms in total.